The zero-order valence-electron chi connectivity index (χ0n) is 13.0. The van der Waals surface area contributed by atoms with Gasteiger partial charge < -0.3 is 10.6 Å². The van der Waals surface area contributed by atoms with Crippen LogP contribution in [0, 0.1) is 15.5 Å². The highest BCUT2D eigenvalue weighted by Crippen LogP contribution is 2.28. The van der Waals surface area contributed by atoms with Gasteiger partial charge in [0.25, 0.3) is 5.91 Å². The van der Waals surface area contributed by atoms with Crippen molar-refractivity contribution in [2.75, 3.05) is 18.4 Å². The Morgan fingerprint density at radius 3 is 2.52 bits per heavy atom. The summed E-state index contributed by atoms with van der Waals surface area (Å²) in [5.41, 5.74) is 0.241. The molecule has 0 saturated carbocycles. The van der Waals surface area contributed by atoms with Crippen molar-refractivity contribution in [2.45, 2.75) is 34.1 Å². The van der Waals surface area contributed by atoms with E-state index in [9.17, 15) is 14.9 Å². The number of nitrogens with zero attached hydrogens (tertiary/aromatic N) is 1. The van der Waals surface area contributed by atoms with E-state index < -0.39 is 10.8 Å². The van der Waals surface area contributed by atoms with Gasteiger partial charge in [-0.2, -0.15) is 0 Å². The maximum Gasteiger partial charge on any atom is 0.305 e. The van der Waals surface area contributed by atoms with E-state index in [0.29, 0.717) is 18.8 Å². The molecule has 1 aromatic carbocycles. The standard InChI is InChI=1S/C15H23N3O3/c1-5-15(3,4)10-17-14(19)11-8-7-9-12(16-6-2)13(11)18(20)21/h7-9,16H,5-6,10H2,1-4H3,(H,17,19). The molecule has 0 aliphatic heterocycles. The van der Waals surface area contributed by atoms with Gasteiger partial charge in [-0.1, -0.05) is 26.8 Å². The second-order valence-electron chi connectivity index (χ2n) is 5.69. The van der Waals surface area contributed by atoms with Gasteiger partial charge >= 0.3 is 5.69 Å². The number of amides is 1. The third kappa shape index (κ3) is 4.44. The summed E-state index contributed by atoms with van der Waals surface area (Å²) in [5, 5.41) is 17.0. The van der Waals surface area contributed by atoms with Crippen molar-refractivity contribution < 1.29 is 9.72 Å². The molecule has 6 heteroatoms. The Balaban J connectivity index is 3.04. The molecule has 6 nitrogen and oxygen atoms in total. The van der Waals surface area contributed by atoms with Crippen molar-refractivity contribution >= 4 is 17.3 Å². The lowest BCUT2D eigenvalue weighted by Gasteiger charge is -2.22. The molecule has 0 heterocycles. The summed E-state index contributed by atoms with van der Waals surface area (Å²) in [6.07, 6.45) is 0.910. The fourth-order valence-electron chi connectivity index (χ4n) is 1.80. The predicted molar refractivity (Wildman–Crippen MR) is 83.7 cm³/mol. The first-order valence-electron chi connectivity index (χ1n) is 7.12. The molecule has 0 saturated heterocycles. The number of hydrogen-bond donors (Lipinski definition) is 2. The van der Waals surface area contributed by atoms with Crippen molar-refractivity contribution in [3.63, 3.8) is 0 Å². The summed E-state index contributed by atoms with van der Waals surface area (Å²) >= 11 is 0. The Morgan fingerprint density at radius 2 is 2.00 bits per heavy atom. The number of nitrogens with one attached hydrogen (secondary N) is 2. The van der Waals surface area contributed by atoms with E-state index in [-0.39, 0.29) is 16.7 Å². The molecule has 0 bridgehead atoms. The van der Waals surface area contributed by atoms with E-state index in [0.717, 1.165) is 6.42 Å². The molecule has 0 fully saturated rings. The molecule has 1 amide bonds. The molecular formula is C15H23N3O3. The van der Waals surface area contributed by atoms with E-state index in [4.69, 9.17) is 0 Å². The summed E-state index contributed by atoms with van der Waals surface area (Å²) in [4.78, 5) is 23.0. The van der Waals surface area contributed by atoms with E-state index in [2.05, 4.69) is 10.6 Å². The molecule has 1 aromatic rings. The SMILES string of the molecule is CCNc1cccc(C(=O)NCC(C)(C)CC)c1[N+](=O)[O-]. The molecular weight excluding hydrogens is 270 g/mol. The minimum atomic E-state index is -0.516. The molecule has 2 N–H and O–H groups in total. The van der Waals surface area contributed by atoms with Gasteiger partial charge in [-0.3, -0.25) is 14.9 Å². The fraction of sp³-hybridized carbons (Fsp3) is 0.533. The van der Waals surface area contributed by atoms with Crippen LogP contribution >= 0.6 is 0 Å². The lowest BCUT2D eigenvalue weighted by Crippen LogP contribution is -2.34. The van der Waals surface area contributed by atoms with Crippen LogP contribution in [-0.2, 0) is 0 Å². The summed E-state index contributed by atoms with van der Waals surface area (Å²) in [7, 11) is 0. The first-order valence-corrected chi connectivity index (χ1v) is 7.12. The number of nitro benzene ring substituents is 1. The second-order valence-corrected chi connectivity index (χ2v) is 5.69. The van der Waals surface area contributed by atoms with Gasteiger partial charge in [0.05, 0.1) is 4.92 Å². The van der Waals surface area contributed by atoms with Crippen LogP contribution in [0.2, 0.25) is 0 Å². The number of hydrogen-bond acceptors (Lipinski definition) is 4. The van der Waals surface area contributed by atoms with Crippen molar-refractivity contribution in [3.05, 3.63) is 33.9 Å². The highest BCUT2D eigenvalue weighted by molar-refractivity contribution is 6.00. The number of nitro groups is 1. The van der Waals surface area contributed by atoms with Crippen LogP contribution in [0.3, 0.4) is 0 Å². The highest BCUT2D eigenvalue weighted by Gasteiger charge is 2.25. The number of anilines is 1. The monoisotopic (exact) mass is 293 g/mol. The third-order valence-electron chi connectivity index (χ3n) is 3.52. The normalized spacial score (nSPS) is 11.0. The van der Waals surface area contributed by atoms with Gasteiger partial charge in [0.1, 0.15) is 11.3 Å². The van der Waals surface area contributed by atoms with Crippen LogP contribution in [-0.4, -0.2) is 23.9 Å². The number of benzene rings is 1. The minimum Gasteiger partial charge on any atom is -0.380 e. The Morgan fingerprint density at radius 1 is 1.33 bits per heavy atom. The molecule has 0 radical (unpaired) electrons. The van der Waals surface area contributed by atoms with Crippen LogP contribution in [0.1, 0.15) is 44.5 Å². The second kappa shape index (κ2) is 7.06. The zero-order chi connectivity index (χ0) is 16.0. The van der Waals surface area contributed by atoms with Gasteiger partial charge in [-0.15, -0.1) is 0 Å². The van der Waals surface area contributed by atoms with E-state index in [1.54, 1.807) is 12.1 Å². The summed E-state index contributed by atoms with van der Waals surface area (Å²) in [5.74, 6) is -0.414. The number of para-hydroxylation sites is 1. The van der Waals surface area contributed by atoms with Crippen LogP contribution in [0.5, 0.6) is 0 Å². The first kappa shape index (κ1) is 16.9. The van der Waals surface area contributed by atoms with E-state index >= 15 is 0 Å². The number of carbonyl (C=O) groups excluding carboxylic acids is 1. The summed E-state index contributed by atoms with van der Waals surface area (Å²) in [6, 6.07) is 4.73. The molecule has 21 heavy (non-hydrogen) atoms. The molecule has 0 aliphatic rings. The van der Waals surface area contributed by atoms with Gasteiger partial charge in [0, 0.05) is 13.1 Å². The predicted octanol–water partition coefficient (Wildman–Crippen LogP) is 3.19. The van der Waals surface area contributed by atoms with Gasteiger partial charge in [-0.05, 0) is 30.9 Å². The van der Waals surface area contributed by atoms with Crippen molar-refractivity contribution in [1.29, 1.82) is 0 Å². The van der Waals surface area contributed by atoms with Gasteiger partial charge in [-0.25, -0.2) is 0 Å². The first-order chi connectivity index (χ1) is 9.82. The highest BCUT2D eigenvalue weighted by atomic mass is 16.6. The Bertz CT molecular complexity index is 527. The summed E-state index contributed by atoms with van der Waals surface area (Å²) in [6.45, 7) is 8.99. The summed E-state index contributed by atoms with van der Waals surface area (Å²) < 4.78 is 0. The maximum absolute atomic E-state index is 12.2. The Kier molecular flexibility index (Phi) is 5.69. The van der Waals surface area contributed by atoms with Crippen molar-refractivity contribution in [1.82, 2.24) is 5.32 Å². The van der Waals surface area contributed by atoms with E-state index in [1.807, 2.05) is 27.7 Å². The zero-order valence-corrected chi connectivity index (χ0v) is 13.0. The topological polar surface area (TPSA) is 84.3 Å². The van der Waals surface area contributed by atoms with Crippen LogP contribution in [0.4, 0.5) is 11.4 Å². The average Bonchev–Trinajstić information content (AvgIpc) is 2.44. The number of rotatable bonds is 7. The van der Waals surface area contributed by atoms with Gasteiger partial charge in [0.2, 0.25) is 0 Å². The maximum atomic E-state index is 12.2. The van der Waals surface area contributed by atoms with Crippen LogP contribution < -0.4 is 10.6 Å². The van der Waals surface area contributed by atoms with E-state index in [1.165, 1.54) is 6.07 Å². The molecule has 0 unspecified atom stereocenters. The van der Waals surface area contributed by atoms with Crippen LogP contribution in [0.25, 0.3) is 0 Å². The molecule has 116 valence electrons. The lowest BCUT2D eigenvalue weighted by molar-refractivity contribution is -0.384. The fourth-order valence-corrected chi connectivity index (χ4v) is 1.80. The molecule has 0 aromatic heterocycles. The Labute approximate surface area is 125 Å². The molecule has 0 spiro atoms. The molecule has 0 atom stereocenters. The van der Waals surface area contributed by atoms with Crippen molar-refractivity contribution in [2.24, 2.45) is 5.41 Å². The Hall–Kier alpha value is -2.11. The average molecular weight is 293 g/mol. The molecule has 0 aliphatic carbocycles. The van der Waals surface area contributed by atoms with Crippen molar-refractivity contribution in [3.8, 4) is 0 Å². The number of carbonyl (C=O) groups is 1. The van der Waals surface area contributed by atoms with Crippen LogP contribution in [0.15, 0.2) is 18.2 Å². The third-order valence-corrected chi connectivity index (χ3v) is 3.52. The minimum absolute atomic E-state index is 0.0380. The molecule has 1 rings (SSSR count). The quantitative estimate of drug-likeness (QED) is 0.597. The lowest BCUT2D eigenvalue weighted by atomic mass is 9.90. The van der Waals surface area contributed by atoms with Gasteiger partial charge in [0.15, 0.2) is 0 Å². The smallest absolute Gasteiger partial charge is 0.305 e. The largest absolute Gasteiger partial charge is 0.380 e.